The van der Waals surface area contributed by atoms with Crippen molar-refractivity contribution >= 4 is 29.2 Å². The lowest BCUT2D eigenvalue weighted by atomic mass is 9.81. The number of amides is 2. The van der Waals surface area contributed by atoms with Crippen molar-refractivity contribution in [1.29, 1.82) is 0 Å². The number of ether oxygens (including phenoxy) is 1. The summed E-state index contributed by atoms with van der Waals surface area (Å²) in [6.45, 7) is 0. The summed E-state index contributed by atoms with van der Waals surface area (Å²) < 4.78 is 5.53. The SMILES string of the molecule is COC([C@H]1CC[C@H](NC(=O)C(=O)Nc2ccc(Cl)cn2)[C@H](N)C1)N(C)C. The topological polar surface area (TPSA) is 110 Å². The third-order valence-corrected chi connectivity index (χ3v) is 4.81. The quantitative estimate of drug-likeness (QED) is 0.513. The Balaban J connectivity index is 1.87. The van der Waals surface area contributed by atoms with Crippen molar-refractivity contribution in [2.75, 3.05) is 26.5 Å². The Kier molecular flexibility index (Phi) is 7.33. The minimum Gasteiger partial charge on any atom is -0.366 e. The predicted molar refractivity (Wildman–Crippen MR) is 99.6 cm³/mol. The van der Waals surface area contributed by atoms with E-state index in [0.29, 0.717) is 17.9 Å². The molecule has 0 bridgehead atoms. The van der Waals surface area contributed by atoms with Gasteiger partial charge in [-0.3, -0.25) is 14.5 Å². The summed E-state index contributed by atoms with van der Waals surface area (Å²) >= 11 is 5.74. The van der Waals surface area contributed by atoms with E-state index < -0.39 is 11.8 Å². The van der Waals surface area contributed by atoms with Gasteiger partial charge in [-0.05, 0) is 45.5 Å². The van der Waals surface area contributed by atoms with E-state index in [-0.39, 0.29) is 30.0 Å². The maximum absolute atomic E-state index is 12.1. The number of methoxy groups -OCH3 is 1. The highest BCUT2D eigenvalue weighted by Gasteiger charge is 2.35. The summed E-state index contributed by atoms with van der Waals surface area (Å²) in [4.78, 5) is 30.1. The molecular weight excluding hydrogens is 358 g/mol. The molecule has 9 heteroatoms. The largest absolute Gasteiger partial charge is 0.366 e. The van der Waals surface area contributed by atoms with Crippen LogP contribution in [0, 0.1) is 5.92 Å². The molecule has 1 aromatic heterocycles. The summed E-state index contributed by atoms with van der Waals surface area (Å²) in [5.41, 5.74) is 6.23. The van der Waals surface area contributed by atoms with Crippen molar-refractivity contribution in [1.82, 2.24) is 15.2 Å². The third kappa shape index (κ3) is 5.38. The van der Waals surface area contributed by atoms with Gasteiger partial charge in [0.05, 0.1) is 5.02 Å². The highest BCUT2D eigenvalue weighted by molar-refractivity contribution is 6.39. The van der Waals surface area contributed by atoms with E-state index in [2.05, 4.69) is 15.6 Å². The van der Waals surface area contributed by atoms with Crippen LogP contribution in [0.15, 0.2) is 18.3 Å². The van der Waals surface area contributed by atoms with Crippen LogP contribution in [0.2, 0.25) is 5.02 Å². The molecule has 1 aliphatic carbocycles. The number of nitrogens with two attached hydrogens (primary N) is 1. The maximum Gasteiger partial charge on any atom is 0.314 e. The second kappa shape index (κ2) is 9.27. The van der Waals surface area contributed by atoms with E-state index >= 15 is 0 Å². The minimum absolute atomic E-state index is 0.0167. The van der Waals surface area contributed by atoms with Crippen LogP contribution in [-0.2, 0) is 14.3 Å². The molecule has 26 heavy (non-hydrogen) atoms. The number of nitrogens with one attached hydrogen (secondary N) is 2. The lowest BCUT2D eigenvalue weighted by Crippen LogP contribution is -2.55. The molecule has 1 unspecified atom stereocenters. The molecule has 1 aromatic rings. The van der Waals surface area contributed by atoms with Crippen molar-refractivity contribution in [2.45, 2.75) is 37.6 Å². The van der Waals surface area contributed by atoms with Crippen LogP contribution in [0.3, 0.4) is 0 Å². The van der Waals surface area contributed by atoms with Crippen molar-refractivity contribution in [3.05, 3.63) is 23.4 Å². The minimum atomic E-state index is -0.780. The van der Waals surface area contributed by atoms with Crippen LogP contribution in [0.1, 0.15) is 19.3 Å². The van der Waals surface area contributed by atoms with Crippen LogP contribution >= 0.6 is 11.6 Å². The first-order valence-corrected chi connectivity index (χ1v) is 8.87. The molecule has 0 aliphatic heterocycles. The Morgan fingerprint density at radius 3 is 2.62 bits per heavy atom. The van der Waals surface area contributed by atoms with Gasteiger partial charge in [0.1, 0.15) is 12.0 Å². The summed E-state index contributed by atoms with van der Waals surface area (Å²) in [6.07, 6.45) is 3.63. The molecule has 2 amide bonds. The fraction of sp³-hybridized carbons (Fsp3) is 0.588. The monoisotopic (exact) mass is 383 g/mol. The molecule has 1 heterocycles. The summed E-state index contributed by atoms with van der Waals surface area (Å²) in [5, 5.41) is 5.61. The molecule has 1 saturated carbocycles. The van der Waals surface area contributed by atoms with Gasteiger partial charge in [-0.2, -0.15) is 0 Å². The Labute approximate surface area is 158 Å². The zero-order valence-corrected chi connectivity index (χ0v) is 16.0. The molecule has 144 valence electrons. The first-order chi connectivity index (χ1) is 12.3. The fourth-order valence-electron chi connectivity index (χ4n) is 3.36. The first kappa shape index (κ1) is 20.6. The number of carbonyl (C=O) groups excluding carboxylic acids is 2. The zero-order valence-electron chi connectivity index (χ0n) is 15.2. The van der Waals surface area contributed by atoms with Gasteiger partial charge < -0.3 is 21.1 Å². The van der Waals surface area contributed by atoms with Gasteiger partial charge in [-0.15, -0.1) is 0 Å². The van der Waals surface area contributed by atoms with Crippen molar-refractivity contribution in [2.24, 2.45) is 11.7 Å². The Morgan fingerprint density at radius 1 is 1.35 bits per heavy atom. The number of pyridine rings is 1. The van der Waals surface area contributed by atoms with Crippen LogP contribution in [0.5, 0.6) is 0 Å². The molecule has 1 aliphatic rings. The Bertz CT molecular complexity index is 625. The standard InChI is InChI=1S/C17H26ClN5O3/c1-23(2)17(26-3)10-4-6-13(12(19)8-10)21-15(24)16(25)22-14-7-5-11(18)9-20-14/h5,7,9-10,12-13,17H,4,6,8,19H2,1-3H3,(H,21,24)(H,20,22,25)/t10-,12+,13-,17?/m0/s1. The van der Waals surface area contributed by atoms with E-state index in [1.807, 2.05) is 19.0 Å². The van der Waals surface area contributed by atoms with Gasteiger partial charge in [0.2, 0.25) is 0 Å². The zero-order chi connectivity index (χ0) is 19.3. The second-order valence-electron chi connectivity index (χ2n) is 6.72. The molecule has 0 spiro atoms. The number of aromatic nitrogens is 1. The Hall–Kier alpha value is -1.74. The van der Waals surface area contributed by atoms with Crippen LogP contribution in [0.25, 0.3) is 0 Å². The van der Waals surface area contributed by atoms with E-state index in [0.717, 1.165) is 6.42 Å². The van der Waals surface area contributed by atoms with Gasteiger partial charge in [0, 0.05) is 31.3 Å². The van der Waals surface area contributed by atoms with E-state index in [4.69, 9.17) is 22.1 Å². The average molecular weight is 384 g/mol. The van der Waals surface area contributed by atoms with Crippen LogP contribution in [-0.4, -0.2) is 61.2 Å². The first-order valence-electron chi connectivity index (χ1n) is 8.50. The molecule has 0 radical (unpaired) electrons. The summed E-state index contributed by atoms with van der Waals surface area (Å²) in [7, 11) is 5.60. The van der Waals surface area contributed by atoms with Crippen molar-refractivity contribution < 1.29 is 14.3 Å². The number of rotatable bonds is 5. The highest BCUT2D eigenvalue weighted by atomic mass is 35.5. The fourth-order valence-corrected chi connectivity index (χ4v) is 3.47. The normalized spacial score (nSPS) is 24.2. The van der Waals surface area contributed by atoms with E-state index in [9.17, 15) is 9.59 Å². The maximum atomic E-state index is 12.1. The molecule has 1 fully saturated rings. The van der Waals surface area contributed by atoms with E-state index in [1.54, 1.807) is 13.2 Å². The number of anilines is 1. The number of halogens is 1. The summed E-state index contributed by atoms with van der Waals surface area (Å²) in [6, 6.07) is 2.62. The van der Waals surface area contributed by atoms with Crippen LogP contribution in [0.4, 0.5) is 5.82 Å². The number of carbonyl (C=O) groups is 2. The lowest BCUT2D eigenvalue weighted by molar-refractivity contribution is -0.137. The number of hydrogen-bond donors (Lipinski definition) is 3. The van der Waals surface area contributed by atoms with Gasteiger partial charge >= 0.3 is 11.8 Å². The van der Waals surface area contributed by atoms with Gasteiger partial charge in [0.25, 0.3) is 0 Å². The molecular formula is C17H26ClN5O3. The highest BCUT2D eigenvalue weighted by Crippen LogP contribution is 2.28. The smallest absolute Gasteiger partial charge is 0.314 e. The molecule has 2 rings (SSSR count). The van der Waals surface area contributed by atoms with Crippen molar-refractivity contribution in [3.63, 3.8) is 0 Å². The molecule has 0 saturated heterocycles. The Morgan fingerprint density at radius 2 is 2.08 bits per heavy atom. The molecule has 4 atom stereocenters. The van der Waals surface area contributed by atoms with E-state index in [1.165, 1.54) is 12.3 Å². The molecule has 8 nitrogen and oxygen atoms in total. The van der Waals surface area contributed by atoms with Gasteiger partial charge in [-0.1, -0.05) is 11.6 Å². The second-order valence-corrected chi connectivity index (χ2v) is 7.16. The number of nitrogens with zero attached hydrogens (tertiary/aromatic N) is 2. The molecule has 0 aromatic carbocycles. The third-order valence-electron chi connectivity index (χ3n) is 4.59. The number of hydrogen-bond acceptors (Lipinski definition) is 6. The summed E-state index contributed by atoms with van der Waals surface area (Å²) in [5.74, 6) is -0.963. The molecule has 4 N–H and O–H groups in total. The predicted octanol–water partition coefficient (Wildman–Crippen LogP) is 0.820. The lowest BCUT2D eigenvalue weighted by Gasteiger charge is -2.39. The average Bonchev–Trinajstić information content (AvgIpc) is 2.59. The van der Waals surface area contributed by atoms with Crippen molar-refractivity contribution in [3.8, 4) is 0 Å². The van der Waals surface area contributed by atoms with Gasteiger partial charge in [0.15, 0.2) is 0 Å². The van der Waals surface area contributed by atoms with Crippen LogP contribution < -0.4 is 16.4 Å². The van der Waals surface area contributed by atoms with Gasteiger partial charge in [-0.25, -0.2) is 4.98 Å².